The Kier molecular flexibility index (Phi) is 5.18. The number of hydrogen-bond donors (Lipinski definition) is 5. The highest BCUT2D eigenvalue weighted by Crippen LogP contribution is 2.31. The average molecular weight is 360 g/mol. The summed E-state index contributed by atoms with van der Waals surface area (Å²) in [6.07, 6.45) is 2.13. The maximum Gasteiger partial charge on any atom is 0.350 e. The number of phenols is 4. The van der Waals surface area contributed by atoms with Gasteiger partial charge in [-0.2, -0.15) is 0 Å². The third-order valence-electron chi connectivity index (χ3n) is 3.54. The quantitative estimate of drug-likeness (QED) is 0.239. The lowest BCUT2D eigenvalue weighted by atomic mass is 9.96. The van der Waals surface area contributed by atoms with Gasteiger partial charge in [0.25, 0.3) is 0 Å². The summed E-state index contributed by atoms with van der Waals surface area (Å²) in [7, 11) is 0. The lowest BCUT2D eigenvalue weighted by Crippen LogP contribution is -2.35. The van der Waals surface area contributed by atoms with Crippen molar-refractivity contribution < 1.29 is 39.9 Å². The smallest absolute Gasteiger partial charge is 0.350 e. The molecule has 2 aromatic rings. The highest BCUT2D eigenvalue weighted by atomic mass is 16.6. The number of hydrogen-bond acceptors (Lipinski definition) is 8. The van der Waals surface area contributed by atoms with E-state index in [1.54, 1.807) is 0 Å². The summed E-state index contributed by atoms with van der Waals surface area (Å²) in [5.74, 6) is -4.06. The molecule has 8 heteroatoms. The summed E-state index contributed by atoms with van der Waals surface area (Å²) in [4.78, 5) is 23.8. The van der Waals surface area contributed by atoms with Crippen LogP contribution >= 0.6 is 0 Å². The number of carbonyl (C=O) groups excluding carboxylic acids is 2. The molecule has 2 aromatic carbocycles. The molecule has 0 aliphatic carbocycles. The van der Waals surface area contributed by atoms with Gasteiger partial charge in [-0.25, -0.2) is 9.59 Å². The number of ether oxygens (including phenoxy) is 1. The lowest BCUT2D eigenvalue weighted by Gasteiger charge is -2.21. The molecule has 26 heavy (non-hydrogen) atoms. The first-order valence-electron chi connectivity index (χ1n) is 7.32. The fraction of sp³-hybridized carbons (Fsp3) is 0.111. The van der Waals surface area contributed by atoms with Gasteiger partial charge < -0.3 is 30.3 Å². The highest BCUT2D eigenvalue weighted by molar-refractivity contribution is 5.97. The van der Waals surface area contributed by atoms with Crippen molar-refractivity contribution in [1.82, 2.24) is 0 Å². The van der Waals surface area contributed by atoms with Gasteiger partial charge >= 0.3 is 11.9 Å². The van der Waals surface area contributed by atoms with Crippen LogP contribution in [-0.4, -0.2) is 37.5 Å². The number of aromatic hydroxyl groups is 4. The van der Waals surface area contributed by atoms with E-state index < -0.39 is 29.0 Å². The molecule has 0 heterocycles. The van der Waals surface area contributed by atoms with Crippen LogP contribution in [0.3, 0.4) is 0 Å². The van der Waals surface area contributed by atoms with Crippen LogP contribution in [0.2, 0.25) is 0 Å². The largest absolute Gasteiger partial charge is 0.504 e. The van der Waals surface area contributed by atoms with Gasteiger partial charge in [-0.3, -0.25) is 0 Å². The van der Waals surface area contributed by atoms with Crippen LogP contribution < -0.4 is 0 Å². The van der Waals surface area contributed by atoms with Crippen LogP contribution in [0.15, 0.2) is 42.5 Å². The van der Waals surface area contributed by atoms with E-state index in [4.69, 9.17) is 0 Å². The SMILES string of the molecule is CC(O)(C(=O)OC(=O)/C=C/c1ccc(O)c(O)c1)c1ccc(O)c(O)c1. The van der Waals surface area contributed by atoms with E-state index in [0.29, 0.717) is 5.56 Å². The molecule has 0 saturated carbocycles. The van der Waals surface area contributed by atoms with Gasteiger partial charge in [-0.15, -0.1) is 0 Å². The van der Waals surface area contributed by atoms with E-state index in [2.05, 4.69) is 4.74 Å². The Morgan fingerprint density at radius 3 is 2.08 bits per heavy atom. The fourth-order valence-corrected chi connectivity index (χ4v) is 1.98. The summed E-state index contributed by atoms with van der Waals surface area (Å²) in [6, 6.07) is 7.05. The number of carbonyl (C=O) groups is 2. The minimum Gasteiger partial charge on any atom is -0.504 e. The molecule has 136 valence electrons. The Hall–Kier alpha value is -3.52. The van der Waals surface area contributed by atoms with Crippen molar-refractivity contribution in [2.45, 2.75) is 12.5 Å². The van der Waals surface area contributed by atoms with Crippen molar-refractivity contribution in [2.24, 2.45) is 0 Å². The number of rotatable bonds is 4. The van der Waals surface area contributed by atoms with Crippen molar-refractivity contribution in [3.8, 4) is 23.0 Å². The average Bonchev–Trinajstić information content (AvgIpc) is 2.58. The topological polar surface area (TPSA) is 145 Å². The van der Waals surface area contributed by atoms with Crippen LogP contribution in [0.25, 0.3) is 6.08 Å². The van der Waals surface area contributed by atoms with Crippen molar-refractivity contribution >= 4 is 18.0 Å². The van der Waals surface area contributed by atoms with Gasteiger partial charge in [0, 0.05) is 6.08 Å². The summed E-state index contributed by atoms with van der Waals surface area (Å²) in [6.45, 7) is 1.07. The molecular formula is C18H16O8. The molecule has 5 N–H and O–H groups in total. The summed E-state index contributed by atoms with van der Waals surface area (Å²) < 4.78 is 4.54. The van der Waals surface area contributed by atoms with Crippen LogP contribution in [-0.2, 0) is 19.9 Å². The van der Waals surface area contributed by atoms with E-state index in [1.807, 2.05) is 0 Å². The normalized spacial score (nSPS) is 13.3. The summed E-state index contributed by atoms with van der Waals surface area (Å²) in [5.41, 5.74) is -1.97. The van der Waals surface area contributed by atoms with Crippen molar-refractivity contribution in [3.63, 3.8) is 0 Å². The zero-order chi connectivity index (χ0) is 19.5. The molecule has 8 nitrogen and oxygen atoms in total. The number of aliphatic hydroxyl groups is 1. The molecule has 1 unspecified atom stereocenters. The predicted octanol–water partition coefficient (Wildman–Crippen LogP) is 1.50. The molecule has 0 spiro atoms. The number of esters is 2. The molecule has 0 aliphatic rings. The van der Waals surface area contributed by atoms with Crippen LogP contribution in [0.1, 0.15) is 18.1 Å². The van der Waals surface area contributed by atoms with E-state index in [9.17, 15) is 35.1 Å². The van der Waals surface area contributed by atoms with Gasteiger partial charge in [0.05, 0.1) is 0 Å². The maximum absolute atomic E-state index is 12.0. The van der Waals surface area contributed by atoms with Crippen LogP contribution in [0.5, 0.6) is 23.0 Å². The Morgan fingerprint density at radius 1 is 0.923 bits per heavy atom. The van der Waals surface area contributed by atoms with Crippen LogP contribution in [0.4, 0.5) is 0 Å². The Balaban J connectivity index is 2.09. The van der Waals surface area contributed by atoms with E-state index >= 15 is 0 Å². The van der Waals surface area contributed by atoms with Crippen molar-refractivity contribution in [1.29, 1.82) is 0 Å². The van der Waals surface area contributed by atoms with Gasteiger partial charge in [-0.05, 0) is 48.4 Å². The summed E-state index contributed by atoms with van der Waals surface area (Å²) in [5, 5.41) is 47.5. The van der Waals surface area contributed by atoms with Crippen molar-refractivity contribution in [2.75, 3.05) is 0 Å². The Labute approximate surface area is 147 Å². The molecule has 0 fully saturated rings. The van der Waals surface area contributed by atoms with Gasteiger partial charge in [0.2, 0.25) is 0 Å². The molecule has 2 rings (SSSR count). The van der Waals surface area contributed by atoms with Crippen LogP contribution in [0, 0.1) is 0 Å². The third kappa shape index (κ3) is 4.11. The molecule has 0 aromatic heterocycles. The minimum atomic E-state index is -2.24. The van der Waals surface area contributed by atoms with Gasteiger partial charge in [-0.1, -0.05) is 12.1 Å². The first-order valence-corrected chi connectivity index (χ1v) is 7.32. The minimum absolute atomic E-state index is 0.0852. The molecule has 0 radical (unpaired) electrons. The highest BCUT2D eigenvalue weighted by Gasteiger charge is 2.36. The molecule has 0 bridgehead atoms. The molecule has 0 amide bonds. The second-order valence-corrected chi connectivity index (χ2v) is 5.57. The zero-order valence-electron chi connectivity index (χ0n) is 13.6. The van der Waals surface area contributed by atoms with E-state index in [-0.39, 0.29) is 17.1 Å². The predicted molar refractivity (Wildman–Crippen MR) is 89.2 cm³/mol. The molecule has 1 atom stereocenters. The maximum atomic E-state index is 12.0. The van der Waals surface area contributed by atoms with Gasteiger partial charge in [0.1, 0.15) is 0 Å². The zero-order valence-corrected chi connectivity index (χ0v) is 13.6. The lowest BCUT2D eigenvalue weighted by molar-refractivity contribution is -0.171. The van der Waals surface area contributed by atoms with E-state index in [1.165, 1.54) is 30.3 Å². The fourth-order valence-electron chi connectivity index (χ4n) is 1.98. The first kappa shape index (κ1) is 18.8. The Bertz CT molecular complexity index is 883. The van der Waals surface area contributed by atoms with Crippen molar-refractivity contribution in [3.05, 3.63) is 53.6 Å². The number of benzene rings is 2. The van der Waals surface area contributed by atoms with Gasteiger partial charge in [0.15, 0.2) is 28.6 Å². The Morgan fingerprint density at radius 2 is 1.50 bits per heavy atom. The second kappa shape index (κ2) is 7.16. The second-order valence-electron chi connectivity index (χ2n) is 5.57. The molecular weight excluding hydrogens is 344 g/mol. The number of phenolic OH excluding ortho intramolecular Hbond substituents is 4. The van der Waals surface area contributed by atoms with E-state index in [0.717, 1.165) is 25.1 Å². The molecule has 0 aliphatic heterocycles. The first-order chi connectivity index (χ1) is 12.1. The standard InChI is InChI=1S/C18H16O8/c1-18(25,11-4-6-13(20)15(22)9-11)17(24)26-16(23)7-3-10-2-5-12(19)14(21)8-10/h2-9,19-22,25H,1H3/b7-3+. The monoisotopic (exact) mass is 360 g/mol. The third-order valence-corrected chi connectivity index (χ3v) is 3.54. The summed E-state index contributed by atoms with van der Waals surface area (Å²) >= 11 is 0. The molecule has 0 saturated heterocycles.